The molecular formula is C22H28FN3O3S. The number of thiophene rings is 1. The highest BCUT2D eigenvalue weighted by Gasteiger charge is 2.25. The molecule has 4 rings (SSSR count). The van der Waals surface area contributed by atoms with Crippen LogP contribution in [0.1, 0.15) is 57.6 Å². The highest BCUT2D eigenvalue weighted by atomic mass is 32.1. The number of aromatic nitrogens is 2. The van der Waals surface area contributed by atoms with Crippen molar-refractivity contribution in [3.63, 3.8) is 0 Å². The normalized spacial score (nSPS) is 20.2. The van der Waals surface area contributed by atoms with Gasteiger partial charge in [0.05, 0.1) is 11.1 Å². The lowest BCUT2D eigenvalue weighted by molar-refractivity contribution is -0.0394. The van der Waals surface area contributed by atoms with Gasteiger partial charge in [-0.15, -0.1) is 11.3 Å². The van der Waals surface area contributed by atoms with E-state index < -0.39 is 5.60 Å². The summed E-state index contributed by atoms with van der Waals surface area (Å²) in [5.74, 6) is -0.228. The second kappa shape index (κ2) is 8.51. The Labute approximate surface area is 180 Å². The fourth-order valence-corrected chi connectivity index (χ4v) is 4.73. The molecule has 0 spiro atoms. The molecule has 0 aliphatic carbocycles. The zero-order valence-corrected chi connectivity index (χ0v) is 18.5. The topological polar surface area (TPSA) is 56.6 Å². The van der Waals surface area contributed by atoms with Crippen molar-refractivity contribution in [2.24, 2.45) is 0 Å². The van der Waals surface area contributed by atoms with E-state index in [4.69, 9.17) is 9.47 Å². The first-order valence-electron chi connectivity index (χ1n) is 10.4. The second-order valence-corrected chi connectivity index (χ2v) is 9.78. The molecule has 0 aromatic carbocycles. The van der Waals surface area contributed by atoms with E-state index in [1.165, 1.54) is 11.3 Å². The minimum absolute atomic E-state index is 0.0309. The van der Waals surface area contributed by atoms with E-state index in [-0.39, 0.29) is 18.1 Å². The average Bonchev–Trinajstić information content (AvgIpc) is 3.34. The largest absolute Gasteiger partial charge is 0.444 e. The molecule has 2 aromatic heterocycles. The molecule has 8 heteroatoms. The third kappa shape index (κ3) is 4.75. The van der Waals surface area contributed by atoms with Crippen LogP contribution in [0.3, 0.4) is 0 Å². The molecular weight excluding hydrogens is 405 g/mol. The van der Waals surface area contributed by atoms with Gasteiger partial charge in [-0.2, -0.15) is 5.10 Å². The number of nitrogens with zero attached hydrogens (tertiary/aromatic N) is 3. The van der Waals surface area contributed by atoms with Crippen LogP contribution in [0, 0.1) is 5.82 Å². The van der Waals surface area contributed by atoms with Crippen LogP contribution >= 0.6 is 11.3 Å². The van der Waals surface area contributed by atoms with Crippen LogP contribution in [0.15, 0.2) is 24.5 Å². The first-order chi connectivity index (χ1) is 14.3. The van der Waals surface area contributed by atoms with Gasteiger partial charge >= 0.3 is 6.09 Å². The van der Waals surface area contributed by atoms with E-state index in [0.29, 0.717) is 24.4 Å². The van der Waals surface area contributed by atoms with Crippen molar-refractivity contribution in [1.82, 2.24) is 14.7 Å². The van der Waals surface area contributed by atoms with Gasteiger partial charge in [-0.25, -0.2) is 13.9 Å². The Kier molecular flexibility index (Phi) is 5.97. The van der Waals surface area contributed by atoms with Crippen LogP contribution in [0.2, 0.25) is 0 Å². The van der Waals surface area contributed by atoms with Crippen LogP contribution in [0.5, 0.6) is 0 Å². The molecule has 1 saturated heterocycles. The van der Waals surface area contributed by atoms with E-state index in [0.717, 1.165) is 41.9 Å². The second-order valence-electron chi connectivity index (χ2n) is 8.72. The molecule has 162 valence electrons. The third-order valence-electron chi connectivity index (χ3n) is 5.18. The Bertz CT molecular complexity index is 938. The summed E-state index contributed by atoms with van der Waals surface area (Å²) in [5, 5.41) is 4.43. The zero-order chi connectivity index (χ0) is 21.3. The quantitative estimate of drug-likeness (QED) is 0.644. The van der Waals surface area contributed by atoms with E-state index >= 15 is 0 Å². The summed E-state index contributed by atoms with van der Waals surface area (Å²) in [6, 6.07) is 1.57. The third-order valence-corrected chi connectivity index (χ3v) is 6.41. The lowest BCUT2D eigenvalue weighted by Crippen LogP contribution is -2.39. The molecule has 0 saturated carbocycles. The van der Waals surface area contributed by atoms with Gasteiger partial charge in [-0.05, 0) is 58.1 Å². The van der Waals surface area contributed by atoms with Gasteiger partial charge < -0.3 is 14.4 Å². The summed E-state index contributed by atoms with van der Waals surface area (Å²) in [4.78, 5) is 15.4. The highest BCUT2D eigenvalue weighted by molar-refractivity contribution is 7.16. The van der Waals surface area contributed by atoms with Crippen LogP contribution in [0.25, 0.3) is 16.0 Å². The first-order valence-corrected chi connectivity index (χ1v) is 11.2. The molecule has 30 heavy (non-hydrogen) atoms. The van der Waals surface area contributed by atoms with Gasteiger partial charge in [0.2, 0.25) is 0 Å². The molecule has 2 aliphatic rings. The molecule has 0 N–H and O–H groups in total. The number of ether oxygens (including phenoxy) is 2. The Hall–Kier alpha value is -2.19. The maximum atomic E-state index is 14.7. The molecule has 2 aromatic rings. The Morgan fingerprint density at radius 2 is 2.20 bits per heavy atom. The van der Waals surface area contributed by atoms with Gasteiger partial charge in [0.15, 0.2) is 0 Å². The summed E-state index contributed by atoms with van der Waals surface area (Å²) in [6.45, 7) is 7.24. The van der Waals surface area contributed by atoms with Crippen molar-refractivity contribution >= 4 is 23.0 Å². The van der Waals surface area contributed by atoms with Crippen LogP contribution in [0.4, 0.5) is 9.18 Å². The maximum Gasteiger partial charge on any atom is 0.410 e. The minimum atomic E-state index is -0.525. The smallest absolute Gasteiger partial charge is 0.410 e. The summed E-state index contributed by atoms with van der Waals surface area (Å²) in [6.07, 6.45) is 9.04. The lowest BCUT2D eigenvalue weighted by atomic mass is 10.1. The predicted octanol–water partition coefficient (Wildman–Crippen LogP) is 5.47. The van der Waals surface area contributed by atoms with E-state index in [9.17, 15) is 9.18 Å². The van der Waals surface area contributed by atoms with E-state index in [2.05, 4.69) is 5.10 Å². The molecule has 2 aliphatic heterocycles. The number of rotatable bonds is 3. The van der Waals surface area contributed by atoms with Gasteiger partial charge in [0.1, 0.15) is 17.6 Å². The zero-order valence-electron chi connectivity index (χ0n) is 17.7. The molecule has 4 heterocycles. The van der Waals surface area contributed by atoms with E-state index in [1.54, 1.807) is 17.2 Å². The molecule has 1 amide bonds. The number of hydrogen-bond donors (Lipinski definition) is 0. The average molecular weight is 434 g/mol. The summed E-state index contributed by atoms with van der Waals surface area (Å²) in [5.41, 5.74) is 1.31. The van der Waals surface area contributed by atoms with Crippen LogP contribution < -0.4 is 0 Å². The maximum absolute atomic E-state index is 14.7. The van der Waals surface area contributed by atoms with Crippen molar-refractivity contribution in [2.75, 3.05) is 19.7 Å². The SMILES string of the molecule is CC(C)(C)OC(=O)N1CC=C(c2sc(-c3cnn(C4CCCCO4)c3)cc2F)CC1. The van der Waals surface area contributed by atoms with Crippen molar-refractivity contribution in [3.05, 3.63) is 35.2 Å². The van der Waals surface area contributed by atoms with Gasteiger partial charge in [0, 0.05) is 36.3 Å². The number of carbonyl (C=O) groups excluding carboxylic acids is 1. The number of carbonyl (C=O) groups is 1. The molecule has 0 radical (unpaired) electrons. The standard InChI is InChI=1S/C22H28FN3O3S/c1-22(2,3)29-21(27)25-9-7-15(8-10-25)20-17(23)12-18(30-20)16-13-24-26(14-16)19-6-4-5-11-28-19/h7,12-14,19H,4-6,8-11H2,1-3H3. The molecule has 1 fully saturated rings. The number of halogens is 1. The first kappa shape index (κ1) is 21.1. The Morgan fingerprint density at radius 1 is 1.37 bits per heavy atom. The molecule has 1 atom stereocenters. The van der Waals surface area contributed by atoms with Gasteiger partial charge in [0.25, 0.3) is 0 Å². The van der Waals surface area contributed by atoms with E-state index in [1.807, 2.05) is 37.7 Å². The number of hydrogen-bond acceptors (Lipinski definition) is 5. The summed E-state index contributed by atoms with van der Waals surface area (Å²) < 4.78 is 27.8. The monoisotopic (exact) mass is 433 g/mol. The number of amides is 1. The van der Waals surface area contributed by atoms with Gasteiger partial charge in [-0.3, -0.25) is 0 Å². The van der Waals surface area contributed by atoms with Crippen LogP contribution in [-0.4, -0.2) is 46.1 Å². The Morgan fingerprint density at radius 3 is 2.87 bits per heavy atom. The lowest BCUT2D eigenvalue weighted by Gasteiger charge is -2.29. The molecule has 6 nitrogen and oxygen atoms in total. The van der Waals surface area contributed by atoms with Crippen molar-refractivity contribution in [2.45, 2.75) is 58.3 Å². The van der Waals surface area contributed by atoms with Crippen molar-refractivity contribution in [3.8, 4) is 10.4 Å². The van der Waals surface area contributed by atoms with Crippen molar-refractivity contribution < 1.29 is 18.7 Å². The summed E-state index contributed by atoms with van der Waals surface area (Å²) >= 11 is 1.43. The fourth-order valence-electron chi connectivity index (χ4n) is 3.65. The fraction of sp³-hybridized carbons (Fsp3) is 0.545. The van der Waals surface area contributed by atoms with Crippen LogP contribution in [-0.2, 0) is 9.47 Å². The predicted molar refractivity (Wildman–Crippen MR) is 115 cm³/mol. The summed E-state index contributed by atoms with van der Waals surface area (Å²) in [7, 11) is 0. The molecule has 1 unspecified atom stereocenters. The Balaban J connectivity index is 1.46. The molecule has 0 bridgehead atoms. The van der Waals surface area contributed by atoms with Crippen molar-refractivity contribution in [1.29, 1.82) is 0 Å². The minimum Gasteiger partial charge on any atom is -0.444 e. The highest BCUT2D eigenvalue weighted by Crippen LogP contribution is 2.37. The van der Waals surface area contributed by atoms with Gasteiger partial charge in [-0.1, -0.05) is 6.08 Å².